The molecule has 0 bridgehead atoms. The maximum Gasteiger partial charge on any atom is 0.253 e. The average molecular weight is 332 g/mol. The number of piperidine rings is 1. The summed E-state index contributed by atoms with van der Waals surface area (Å²) in [5.74, 6) is 0.293. The van der Waals surface area contributed by atoms with Gasteiger partial charge in [0.15, 0.2) is 0 Å². The van der Waals surface area contributed by atoms with Gasteiger partial charge in [-0.15, -0.1) is 6.58 Å². The van der Waals surface area contributed by atoms with Crippen LogP contribution in [0.1, 0.15) is 25.3 Å². The first kappa shape index (κ1) is 18.6. The summed E-state index contributed by atoms with van der Waals surface area (Å²) in [5, 5.41) is 12.1. The number of aliphatic hydroxyl groups excluding tert-OH is 1. The summed E-state index contributed by atoms with van der Waals surface area (Å²) in [4.78, 5) is 14.5. The molecular formula is C19H28N2O3. The second-order valence-corrected chi connectivity index (χ2v) is 6.36. The Morgan fingerprint density at radius 2 is 2.25 bits per heavy atom. The number of carbonyl (C=O) groups excluding carboxylic acids is 1. The quantitative estimate of drug-likeness (QED) is 0.718. The molecule has 1 heterocycles. The Morgan fingerprint density at radius 3 is 2.92 bits per heavy atom. The van der Waals surface area contributed by atoms with Crippen LogP contribution in [0, 0.1) is 5.92 Å². The van der Waals surface area contributed by atoms with Crippen molar-refractivity contribution in [1.82, 2.24) is 4.90 Å². The van der Waals surface area contributed by atoms with Gasteiger partial charge in [0.2, 0.25) is 0 Å². The van der Waals surface area contributed by atoms with E-state index in [0.717, 1.165) is 38.2 Å². The van der Waals surface area contributed by atoms with Crippen LogP contribution in [0.25, 0.3) is 0 Å². The molecule has 0 saturated carbocycles. The van der Waals surface area contributed by atoms with Crippen molar-refractivity contribution >= 4 is 11.6 Å². The summed E-state index contributed by atoms with van der Waals surface area (Å²) in [5.41, 5.74) is 1.96. The van der Waals surface area contributed by atoms with Crippen LogP contribution in [0.3, 0.4) is 0 Å². The zero-order valence-electron chi connectivity index (χ0n) is 14.4. The lowest BCUT2D eigenvalue weighted by molar-refractivity contribution is -0.125. The van der Waals surface area contributed by atoms with E-state index in [2.05, 4.69) is 22.9 Å². The fraction of sp³-hybridized carbons (Fsp3) is 0.526. The van der Waals surface area contributed by atoms with Gasteiger partial charge in [-0.2, -0.15) is 0 Å². The van der Waals surface area contributed by atoms with Crippen molar-refractivity contribution in [3.63, 3.8) is 0 Å². The number of ether oxygens (including phenoxy) is 1. The number of anilines is 1. The molecule has 24 heavy (non-hydrogen) atoms. The lowest BCUT2D eigenvalue weighted by Crippen LogP contribution is -2.34. The van der Waals surface area contributed by atoms with Crippen LogP contribution in [0.2, 0.25) is 0 Å². The molecule has 5 nitrogen and oxygen atoms in total. The average Bonchev–Trinajstić information content (AvgIpc) is 2.60. The van der Waals surface area contributed by atoms with Crippen molar-refractivity contribution < 1.29 is 14.6 Å². The molecule has 1 aliphatic heterocycles. The molecule has 0 aliphatic carbocycles. The summed E-state index contributed by atoms with van der Waals surface area (Å²) in [7, 11) is 0. The topological polar surface area (TPSA) is 61.8 Å². The van der Waals surface area contributed by atoms with E-state index >= 15 is 0 Å². The van der Waals surface area contributed by atoms with Crippen molar-refractivity contribution in [3.05, 3.63) is 42.5 Å². The van der Waals surface area contributed by atoms with Crippen LogP contribution in [0.15, 0.2) is 36.9 Å². The van der Waals surface area contributed by atoms with E-state index < -0.39 is 6.10 Å². The number of hydrogen-bond acceptors (Lipinski definition) is 4. The largest absolute Gasteiger partial charge is 0.396 e. The second kappa shape index (κ2) is 9.57. The van der Waals surface area contributed by atoms with Gasteiger partial charge in [0, 0.05) is 18.8 Å². The fourth-order valence-corrected chi connectivity index (χ4v) is 2.86. The van der Waals surface area contributed by atoms with Crippen LogP contribution in [0.4, 0.5) is 5.69 Å². The van der Waals surface area contributed by atoms with Crippen molar-refractivity contribution in [2.45, 2.75) is 32.4 Å². The molecule has 0 spiro atoms. The molecule has 0 radical (unpaired) electrons. The number of likely N-dealkylation sites (tertiary alicyclic amines) is 1. The van der Waals surface area contributed by atoms with E-state index in [4.69, 9.17) is 4.74 Å². The minimum absolute atomic E-state index is 0.155. The first-order chi connectivity index (χ1) is 11.6. The Morgan fingerprint density at radius 1 is 1.50 bits per heavy atom. The number of carbonyl (C=O) groups is 1. The van der Waals surface area contributed by atoms with Crippen molar-refractivity contribution in [2.24, 2.45) is 5.92 Å². The molecule has 0 unspecified atom stereocenters. The molecule has 132 valence electrons. The van der Waals surface area contributed by atoms with Crippen molar-refractivity contribution in [2.75, 3.05) is 31.6 Å². The number of benzene rings is 1. The fourth-order valence-electron chi connectivity index (χ4n) is 2.86. The minimum atomic E-state index is -0.510. The molecule has 1 amide bonds. The predicted molar refractivity (Wildman–Crippen MR) is 95.8 cm³/mol. The van der Waals surface area contributed by atoms with Crippen LogP contribution < -0.4 is 5.32 Å². The normalized spacial score (nSPS) is 17.4. The van der Waals surface area contributed by atoms with Gasteiger partial charge in [-0.25, -0.2) is 0 Å². The highest BCUT2D eigenvalue weighted by atomic mass is 16.5. The van der Waals surface area contributed by atoms with E-state index in [1.165, 1.54) is 5.56 Å². The van der Waals surface area contributed by atoms with E-state index in [-0.39, 0.29) is 5.91 Å². The third-order valence-electron chi connectivity index (χ3n) is 4.40. The molecule has 0 aromatic heterocycles. The summed E-state index contributed by atoms with van der Waals surface area (Å²) < 4.78 is 5.34. The first-order valence-corrected chi connectivity index (χ1v) is 8.58. The number of aliphatic hydroxyl groups is 1. The summed E-state index contributed by atoms with van der Waals surface area (Å²) in [6.45, 7) is 8.84. The monoisotopic (exact) mass is 332 g/mol. The van der Waals surface area contributed by atoms with Gasteiger partial charge in [-0.1, -0.05) is 18.2 Å². The maximum atomic E-state index is 12.1. The van der Waals surface area contributed by atoms with Gasteiger partial charge in [0.05, 0.1) is 6.61 Å². The zero-order valence-corrected chi connectivity index (χ0v) is 14.4. The standard InChI is InChI=1S/C19H28N2O3/c1-3-11-24-15(2)19(23)20-18-6-4-5-17(12-18)13-21-9-7-16(14-22)8-10-21/h3-6,12,15-16,22H,1,7-11,13-14H2,2H3,(H,20,23)/t15-/m0/s1. The highest BCUT2D eigenvalue weighted by molar-refractivity contribution is 5.93. The number of nitrogens with one attached hydrogen (secondary N) is 1. The van der Waals surface area contributed by atoms with Gasteiger partial charge in [0.1, 0.15) is 6.10 Å². The SMILES string of the molecule is C=CCO[C@@H](C)C(=O)Nc1cccc(CN2CCC(CO)CC2)c1. The second-order valence-electron chi connectivity index (χ2n) is 6.36. The van der Waals surface area contributed by atoms with Crippen LogP contribution in [0.5, 0.6) is 0 Å². The third-order valence-corrected chi connectivity index (χ3v) is 4.40. The molecular weight excluding hydrogens is 304 g/mol. The molecule has 2 rings (SSSR count). The lowest BCUT2D eigenvalue weighted by atomic mass is 9.97. The summed E-state index contributed by atoms with van der Waals surface area (Å²) in [6, 6.07) is 7.93. The van der Waals surface area contributed by atoms with Crippen LogP contribution in [-0.4, -0.2) is 48.3 Å². The highest BCUT2D eigenvalue weighted by Crippen LogP contribution is 2.19. The number of hydrogen-bond donors (Lipinski definition) is 2. The molecule has 1 aromatic carbocycles. The Labute approximate surface area is 144 Å². The van der Waals surface area contributed by atoms with E-state index in [9.17, 15) is 9.90 Å². The Bertz CT molecular complexity index is 539. The molecule has 1 atom stereocenters. The number of amides is 1. The van der Waals surface area contributed by atoms with Crippen molar-refractivity contribution in [3.8, 4) is 0 Å². The van der Waals surface area contributed by atoms with Crippen molar-refractivity contribution in [1.29, 1.82) is 0 Å². The van der Waals surface area contributed by atoms with E-state index in [1.54, 1.807) is 13.0 Å². The molecule has 1 fully saturated rings. The zero-order chi connectivity index (χ0) is 17.4. The smallest absolute Gasteiger partial charge is 0.253 e. The van der Waals surface area contributed by atoms with Gasteiger partial charge >= 0.3 is 0 Å². The molecule has 1 aliphatic rings. The molecule has 5 heteroatoms. The Balaban J connectivity index is 1.87. The first-order valence-electron chi connectivity index (χ1n) is 8.58. The van der Waals surface area contributed by atoms with Crippen LogP contribution in [-0.2, 0) is 16.1 Å². The predicted octanol–water partition coefficient (Wildman–Crippen LogP) is 2.42. The molecule has 2 N–H and O–H groups in total. The van der Waals surface area contributed by atoms with E-state index in [1.807, 2.05) is 18.2 Å². The maximum absolute atomic E-state index is 12.1. The number of rotatable bonds is 8. The minimum Gasteiger partial charge on any atom is -0.396 e. The van der Waals surface area contributed by atoms with E-state index in [0.29, 0.717) is 19.1 Å². The third kappa shape index (κ3) is 5.74. The van der Waals surface area contributed by atoms with Gasteiger partial charge in [-0.3, -0.25) is 9.69 Å². The Hall–Kier alpha value is -1.69. The summed E-state index contributed by atoms with van der Waals surface area (Å²) >= 11 is 0. The Kier molecular flexibility index (Phi) is 7.43. The van der Waals surface area contributed by atoms with Gasteiger partial charge in [0.25, 0.3) is 5.91 Å². The van der Waals surface area contributed by atoms with Crippen LogP contribution >= 0.6 is 0 Å². The molecule has 1 aromatic rings. The lowest BCUT2D eigenvalue weighted by Gasteiger charge is -2.31. The summed E-state index contributed by atoms with van der Waals surface area (Å²) in [6.07, 6.45) is 3.21. The highest BCUT2D eigenvalue weighted by Gasteiger charge is 2.18. The number of nitrogens with zero attached hydrogens (tertiary/aromatic N) is 1. The van der Waals surface area contributed by atoms with Gasteiger partial charge < -0.3 is 15.2 Å². The molecule has 1 saturated heterocycles. The van der Waals surface area contributed by atoms with Gasteiger partial charge in [-0.05, 0) is 56.5 Å².